The van der Waals surface area contributed by atoms with E-state index in [4.69, 9.17) is 32.7 Å². The topological polar surface area (TPSA) is 81.7 Å². The van der Waals surface area contributed by atoms with Crippen molar-refractivity contribution in [3.63, 3.8) is 0 Å². The van der Waals surface area contributed by atoms with E-state index < -0.39 is 5.92 Å². The number of Topliss-reactive ketones (excluding diaryl/α,β-unsaturated/α-hetero) is 2. The summed E-state index contributed by atoms with van der Waals surface area (Å²) in [6, 6.07) is 10.8. The number of ketones is 2. The largest absolute Gasteiger partial charge is 0.481 e. The summed E-state index contributed by atoms with van der Waals surface area (Å²) in [7, 11) is 0. The Morgan fingerprint density at radius 3 is 1.90 bits per heavy atom. The summed E-state index contributed by atoms with van der Waals surface area (Å²) in [4.78, 5) is 39.5. The highest BCUT2D eigenvalue weighted by molar-refractivity contribution is 6.37. The van der Waals surface area contributed by atoms with Crippen molar-refractivity contribution in [2.45, 2.75) is 66.2 Å². The minimum atomic E-state index is -0.625. The number of nitrogens with one attached hydrogen (secondary N) is 1. The molecule has 3 aliphatic rings. The zero-order valence-corrected chi connectivity index (χ0v) is 24.9. The lowest BCUT2D eigenvalue weighted by Gasteiger charge is -2.42. The number of anilines is 1. The first-order valence-corrected chi connectivity index (χ1v) is 14.2. The molecule has 0 spiro atoms. The van der Waals surface area contributed by atoms with Gasteiger partial charge in [-0.25, -0.2) is 0 Å². The molecule has 6 nitrogen and oxygen atoms in total. The highest BCUT2D eigenvalue weighted by atomic mass is 35.5. The van der Waals surface area contributed by atoms with Crippen LogP contribution in [0.2, 0.25) is 10.0 Å². The van der Waals surface area contributed by atoms with Crippen molar-refractivity contribution in [1.29, 1.82) is 0 Å². The van der Waals surface area contributed by atoms with E-state index in [1.54, 1.807) is 12.1 Å². The Morgan fingerprint density at radius 1 is 0.900 bits per heavy atom. The maximum Gasteiger partial charge on any atom is 0.262 e. The first-order valence-electron chi connectivity index (χ1n) is 13.4. The minimum absolute atomic E-state index is 0.0409. The van der Waals surface area contributed by atoms with Crippen LogP contribution in [0.3, 0.4) is 0 Å². The third-order valence-electron chi connectivity index (χ3n) is 7.62. The van der Waals surface area contributed by atoms with Crippen LogP contribution in [0.4, 0.5) is 5.69 Å². The molecule has 0 unspecified atom stereocenters. The molecule has 1 aliphatic heterocycles. The van der Waals surface area contributed by atoms with Gasteiger partial charge < -0.3 is 14.8 Å². The van der Waals surface area contributed by atoms with Gasteiger partial charge in [-0.15, -0.1) is 0 Å². The molecular weight excluding hydrogens is 549 g/mol. The van der Waals surface area contributed by atoms with E-state index in [1.165, 1.54) is 0 Å². The molecule has 0 fully saturated rings. The van der Waals surface area contributed by atoms with E-state index in [9.17, 15) is 14.4 Å². The monoisotopic (exact) mass is 581 g/mol. The average molecular weight is 583 g/mol. The number of hydrogen-bond donors (Lipinski definition) is 1. The number of amides is 1. The maximum absolute atomic E-state index is 13.5. The van der Waals surface area contributed by atoms with Crippen molar-refractivity contribution < 1.29 is 23.9 Å². The summed E-state index contributed by atoms with van der Waals surface area (Å²) < 4.78 is 12.1. The number of carbonyl (C=O) groups excluding carboxylic acids is 3. The maximum atomic E-state index is 13.5. The van der Waals surface area contributed by atoms with E-state index in [1.807, 2.05) is 58.9 Å². The Hall–Kier alpha value is -3.09. The Bertz CT molecular complexity index is 1410. The van der Waals surface area contributed by atoms with Crippen LogP contribution < -0.4 is 10.1 Å². The molecule has 210 valence electrons. The lowest BCUT2D eigenvalue weighted by Crippen LogP contribution is -2.37. The van der Waals surface area contributed by atoms with Gasteiger partial charge in [0.2, 0.25) is 0 Å². The molecule has 2 aromatic rings. The number of halogens is 2. The summed E-state index contributed by atoms with van der Waals surface area (Å²) in [5.74, 6) is 0.335. The fourth-order valence-corrected chi connectivity index (χ4v) is 6.48. The molecule has 1 N–H and O–H groups in total. The average Bonchev–Trinajstić information content (AvgIpc) is 2.82. The fourth-order valence-electron chi connectivity index (χ4n) is 5.86. The van der Waals surface area contributed by atoms with E-state index in [0.717, 1.165) is 5.56 Å². The second-order valence-corrected chi connectivity index (χ2v) is 13.4. The van der Waals surface area contributed by atoms with Crippen molar-refractivity contribution in [3.8, 4) is 5.75 Å². The molecule has 8 heteroatoms. The van der Waals surface area contributed by atoms with Crippen LogP contribution in [0.25, 0.3) is 0 Å². The van der Waals surface area contributed by atoms with Crippen LogP contribution in [0.5, 0.6) is 5.75 Å². The summed E-state index contributed by atoms with van der Waals surface area (Å²) in [5, 5.41) is 3.15. The third-order valence-corrected chi connectivity index (χ3v) is 8.18. The van der Waals surface area contributed by atoms with Crippen molar-refractivity contribution in [1.82, 2.24) is 0 Å². The van der Waals surface area contributed by atoms with Crippen LogP contribution in [0, 0.1) is 17.8 Å². The molecular formula is C32H33Cl2NO5. The quantitative estimate of drug-likeness (QED) is 0.391. The molecule has 1 heterocycles. The van der Waals surface area contributed by atoms with E-state index in [-0.39, 0.29) is 50.7 Å². The van der Waals surface area contributed by atoms with Crippen molar-refractivity contribution >= 4 is 46.4 Å². The Morgan fingerprint density at radius 2 is 1.40 bits per heavy atom. The number of benzene rings is 2. The summed E-state index contributed by atoms with van der Waals surface area (Å²) in [6.45, 7) is 9.84. The normalized spacial score (nSPS) is 20.1. The zero-order valence-electron chi connectivity index (χ0n) is 23.4. The van der Waals surface area contributed by atoms with Gasteiger partial charge in [-0.1, -0.05) is 68.6 Å². The molecule has 0 saturated heterocycles. The van der Waals surface area contributed by atoms with Gasteiger partial charge in [-0.3, -0.25) is 14.4 Å². The fraction of sp³-hybridized carbons (Fsp3) is 0.406. The molecule has 5 rings (SSSR count). The van der Waals surface area contributed by atoms with Crippen LogP contribution >= 0.6 is 23.2 Å². The van der Waals surface area contributed by atoms with Gasteiger partial charge in [0.05, 0.1) is 10.0 Å². The van der Waals surface area contributed by atoms with Crippen LogP contribution in [0.1, 0.15) is 70.4 Å². The first-order chi connectivity index (χ1) is 18.7. The van der Waals surface area contributed by atoms with Gasteiger partial charge in [0.1, 0.15) is 11.5 Å². The van der Waals surface area contributed by atoms with Crippen molar-refractivity contribution in [3.05, 3.63) is 80.2 Å². The number of hydrogen-bond acceptors (Lipinski definition) is 5. The number of aryl methyl sites for hydroxylation is 1. The summed E-state index contributed by atoms with van der Waals surface area (Å²) >= 11 is 13.3. The van der Waals surface area contributed by atoms with Crippen molar-refractivity contribution in [2.24, 2.45) is 10.8 Å². The van der Waals surface area contributed by atoms with E-state index in [0.29, 0.717) is 59.6 Å². The molecule has 0 radical (unpaired) electrons. The van der Waals surface area contributed by atoms with Gasteiger partial charge in [-0.05, 0) is 47.6 Å². The predicted octanol–water partition coefficient (Wildman–Crippen LogP) is 7.72. The molecule has 0 saturated carbocycles. The molecule has 2 aliphatic carbocycles. The number of ether oxygens (including phenoxy) is 2. The van der Waals surface area contributed by atoms with E-state index in [2.05, 4.69) is 5.32 Å². The lowest BCUT2D eigenvalue weighted by atomic mass is 9.65. The van der Waals surface area contributed by atoms with E-state index >= 15 is 0 Å². The zero-order chi connectivity index (χ0) is 29.0. The third kappa shape index (κ3) is 5.70. The second kappa shape index (κ2) is 10.4. The summed E-state index contributed by atoms with van der Waals surface area (Å²) in [5.41, 5.74) is 2.86. The van der Waals surface area contributed by atoms with Gasteiger partial charge >= 0.3 is 0 Å². The van der Waals surface area contributed by atoms with Gasteiger partial charge in [0, 0.05) is 48.4 Å². The van der Waals surface area contributed by atoms with Crippen LogP contribution in [0.15, 0.2) is 59.1 Å². The highest BCUT2D eigenvalue weighted by Gasteiger charge is 2.48. The second-order valence-electron chi connectivity index (χ2n) is 12.6. The SMILES string of the molecule is Cc1ccc(NC(=O)COc2c(Cl)cc(C3C4=C(CC(C)(C)CC4=O)OC4=C3C(=O)CC(C)(C)C4)cc2Cl)cc1. The van der Waals surface area contributed by atoms with Gasteiger partial charge in [-0.2, -0.15) is 0 Å². The molecule has 2 aromatic carbocycles. The minimum Gasteiger partial charge on any atom is -0.481 e. The smallest absolute Gasteiger partial charge is 0.262 e. The molecule has 0 bridgehead atoms. The van der Waals surface area contributed by atoms with Crippen LogP contribution in [-0.4, -0.2) is 24.1 Å². The molecule has 0 aromatic heterocycles. The highest BCUT2D eigenvalue weighted by Crippen LogP contribution is 2.54. The number of carbonyl (C=O) groups is 3. The lowest BCUT2D eigenvalue weighted by molar-refractivity contribution is -0.120. The van der Waals surface area contributed by atoms with Crippen molar-refractivity contribution in [2.75, 3.05) is 11.9 Å². The molecule has 0 atom stereocenters. The number of rotatable bonds is 5. The first kappa shape index (κ1) is 28.4. The molecule has 40 heavy (non-hydrogen) atoms. The van der Waals surface area contributed by atoms with Crippen LogP contribution in [-0.2, 0) is 19.1 Å². The Kier molecular flexibility index (Phi) is 7.38. The van der Waals surface area contributed by atoms with Gasteiger partial charge in [0.25, 0.3) is 5.91 Å². The summed E-state index contributed by atoms with van der Waals surface area (Å²) in [6.07, 6.45) is 1.89. The Labute approximate surface area is 244 Å². The standard InChI is InChI=1S/C32H33Cl2NO5/c1-17-6-8-19(9-7-17)35-26(38)16-39-30-20(33)10-18(11-21(30)34)27-28-22(36)12-31(2,3)14-24(28)40-25-15-32(4,5)13-23(37)29(25)27/h6-11,27H,12-16H2,1-5H3,(H,35,38). The molecule has 1 amide bonds. The van der Waals surface area contributed by atoms with Gasteiger partial charge in [0.15, 0.2) is 23.9 Å². The number of allylic oxidation sites excluding steroid dienone is 4. The predicted molar refractivity (Wildman–Crippen MR) is 156 cm³/mol. The Balaban J connectivity index is 1.47.